The van der Waals surface area contributed by atoms with Crippen LogP contribution in [0.1, 0.15) is 50.8 Å². The summed E-state index contributed by atoms with van der Waals surface area (Å²) in [5, 5.41) is 10.5. The van der Waals surface area contributed by atoms with Gasteiger partial charge in [-0.05, 0) is 45.7 Å². The van der Waals surface area contributed by atoms with E-state index < -0.39 is 5.41 Å². The number of nitrogens with zero attached hydrogens (tertiary/aromatic N) is 3. The molecule has 2 rings (SSSR count). The smallest absolute Gasteiger partial charge is 0.330 e. The highest BCUT2D eigenvalue weighted by atomic mass is 16.7. The third-order valence-electron chi connectivity index (χ3n) is 3.61. The third-order valence-corrected chi connectivity index (χ3v) is 3.61. The Labute approximate surface area is 125 Å². The molecule has 0 bridgehead atoms. The number of pyridine rings is 1. The Kier molecular flexibility index (Phi) is 4.59. The fourth-order valence-electron chi connectivity index (χ4n) is 2.21. The topological polar surface area (TPSA) is 66.2 Å². The van der Waals surface area contributed by atoms with Gasteiger partial charge in [0.05, 0.1) is 11.0 Å². The van der Waals surface area contributed by atoms with E-state index in [-0.39, 0.29) is 5.97 Å². The number of hydrogen-bond donors (Lipinski definition) is 0. The van der Waals surface area contributed by atoms with Gasteiger partial charge in [-0.25, -0.2) is 4.79 Å². The van der Waals surface area contributed by atoms with E-state index in [4.69, 9.17) is 10.1 Å². The summed E-state index contributed by atoms with van der Waals surface area (Å²) in [6, 6.07) is 5.79. The van der Waals surface area contributed by atoms with Gasteiger partial charge >= 0.3 is 5.97 Å². The van der Waals surface area contributed by atoms with Crippen LogP contribution in [0, 0.1) is 16.7 Å². The zero-order valence-electron chi connectivity index (χ0n) is 12.8. The van der Waals surface area contributed by atoms with E-state index in [9.17, 15) is 4.79 Å². The van der Waals surface area contributed by atoms with Crippen LogP contribution >= 0.6 is 0 Å². The Balaban J connectivity index is 1.88. The van der Waals surface area contributed by atoms with Gasteiger partial charge in [-0.1, -0.05) is 0 Å². The van der Waals surface area contributed by atoms with Gasteiger partial charge in [0.1, 0.15) is 6.07 Å². The summed E-state index contributed by atoms with van der Waals surface area (Å²) in [5.41, 5.74) is 1.11. The lowest BCUT2D eigenvalue weighted by atomic mass is 9.93. The SMILES string of the molecule is CC(C)(C)C(=O)ON1CCC(c2ccc(C#N)cn2)CC1. The van der Waals surface area contributed by atoms with Crippen LogP contribution in [-0.4, -0.2) is 29.1 Å². The number of hydrogen-bond acceptors (Lipinski definition) is 5. The van der Waals surface area contributed by atoms with Crippen molar-refractivity contribution < 1.29 is 9.63 Å². The average molecular weight is 287 g/mol. The van der Waals surface area contributed by atoms with E-state index in [1.807, 2.05) is 26.8 Å². The molecule has 0 spiro atoms. The molecule has 21 heavy (non-hydrogen) atoms. The second-order valence-electron chi connectivity index (χ2n) is 6.42. The maximum absolute atomic E-state index is 11.8. The summed E-state index contributed by atoms with van der Waals surface area (Å²) in [6.07, 6.45) is 3.41. The molecule has 0 atom stereocenters. The van der Waals surface area contributed by atoms with Crippen molar-refractivity contribution in [2.45, 2.75) is 39.5 Å². The van der Waals surface area contributed by atoms with Crippen molar-refractivity contribution in [3.05, 3.63) is 29.6 Å². The van der Waals surface area contributed by atoms with Crippen molar-refractivity contribution >= 4 is 5.97 Å². The number of nitriles is 1. The van der Waals surface area contributed by atoms with Crippen LogP contribution in [0.5, 0.6) is 0 Å². The minimum Gasteiger partial charge on any atom is -0.367 e. The van der Waals surface area contributed by atoms with E-state index in [2.05, 4.69) is 11.1 Å². The lowest BCUT2D eigenvalue weighted by molar-refractivity contribution is -0.204. The van der Waals surface area contributed by atoms with Crippen LogP contribution < -0.4 is 0 Å². The Morgan fingerprint density at radius 2 is 2.05 bits per heavy atom. The number of carbonyl (C=O) groups excluding carboxylic acids is 1. The summed E-state index contributed by atoms with van der Waals surface area (Å²) in [4.78, 5) is 21.6. The molecule has 112 valence electrons. The Morgan fingerprint density at radius 3 is 2.52 bits per heavy atom. The number of piperidine rings is 1. The van der Waals surface area contributed by atoms with Crippen molar-refractivity contribution in [3.63, 3.8) is 0 Å². The molecule has 5 nitrogen and oxygen atoms in total. The van der Waals surface area contributed by atoms with Crippen molar-refractivity contribution in [1.82, 2.24) is 10.0 Å². The molecule has 2 heterocycles. The summed E-state index contributed by atoms with van der Waals surface area (Å²) in [6.45, 7) is 6.98. The van der Waals surface area contributed by atoms with Crippen LogP contribution in [0.4, 0.5) is 0 Å². The highest BCUT2D eigenvalue weighted by Gasteiger charge is 2.29. The largest absolute Gasteiger partial charge is 0.367 e. The van der Waals surface area contributed by atoms with Gasteiger partial charge in [-0.2, -0.15) is 5.26 Å². The normalized spacial score (nSPS) is 17.2. The van der Waals surface area contributed by atoms with Crippen molar-refractivity contribution in [3.8, 4) is 6.07 Å². The van der Waals surface area contributed by atoms with Crippen molar-refractivity contribution in [2.75, 3.05) is 13.1 Å². The molecule has 0 unspecified atom stereocenters. The molecule has 0 N–H and O–H groups in total. The van der Waals surface area contributed by atoms with E-state index in [0.717, 1.165) is 18.5 Å². The molecular formula is C16H21N3O2. The number of rotatable bonds is 2. The molecule has 0 aliphatic carbocycles. The Morgan fingerprint density at radius 1 is 1.38 bits per heavy atom. The van der Waals surface area contributed by atoms with Gasteiger partial charge in [0.2, 0.25) is 0 Å². The standard InChI is InChI=1S/C16H21N3O2/c1-16(2,3)15(20)21-19-8-6-13(7-9-19)14-5-4-12(10-17)11-18-14/h4-5,11,13H,6-9H2,1-3H3. The van der Waals surface area contributed by atoms with Crippen molar-refractivity contribution in [2.24, 2.45) is 5.41 Å². The minimum atomic E-state index is -0.481. The maximum Gasteiger partial charge on any atom is 0.330 e. The van der Waals surface area contributed by atoms with Gasteiger partial charge in [0.25, 0.3) is 0 Å². The number of aromatic nitrogens is 1. The van der Waals surface area contributed by atoms with E-state index in [1.165, 1.54) is 0 Å². The lowest BCUT2D eigenvalue weighted by Crippen LogP contribution is -2.38. The summed E-state index contributed by atoms with van der Waals surface area (Å²) < 4.78 is 0. The van der Waals surface area contributed by atoms with Crippen LogP contribution in [0.3, 0.4) is 0 Å². The molecule has 1 fully saturated rings. The van der Waals surface area contributed by atoms with E-state index >= 15 is 0 Å². The van der Waals surface area contributed by atoms with E-state index in [0.29, 0.717) is 24.6 Å². The Bertz CT molecular complexity index is 532. The molecule has 1 aromatic rings. The van der Waals surface area contributed by atoms with Gasteiger partial charge in [-0.3, -0.25) is 4.98 Å². The third kappa shape index (κ3) is 4.02. The van der Waals surface area contributed by atoms with Gasteiger partial charge < -0.3 is 4.84 Å². The quantitative estimate of drug-likeness (QED) is 0.836. The molecule has 0 radical (unpaired) electrons. The predicted molar refractivity (Wildman–Crippen MR) is 78.0 cm³/mol. The fraction of sp³-hybridized carbons (Fsp3) is 0.562. The Hall–Kier alpha value is -1.93. The zero-order valence-corrected chi connectivity index (χ0v) is 12.8. The summed E-state index contributed by atoms with van der Waals surface area (Å²) in [7, 11) is 0. The van der Waals surface area contributed by atoms with Gasteiger partial charge in [-0.15, -0.1) is 5.06 Å². The highest BCUT2D eigenvalue weighted by molar-refractivity contribution is 5.75. The second-order valence-corrected chi connectivity index (χ2v) is 6.42. The molecule has 1 aliphatic heterocycles. The van der Waals surface area contributed by atoms with Gasteiger partial charge in [0, 0.05) is 30.9 Å². The average Bonchev–Trinajstić information content (AvgIpc) is 2.47. The molecule has 1 saturated heterocycles. The number of carbonyl (C=O) groups is 1. The molecule has 5 heteroatoms. The molecule has 0 saturated carbocycles. The minimum absolute atomic E-state index is 0.197. The first-order chi connectivity index (χ1) is 9.90. The van der Waals surface area contributed by atoms with E-state index in [1.54, 1.807) is 17.3 Å². The van der Waals surface area contributed by atoms with Crippen molar-refractivity contribution in [1.29, 1.82) is 5.26 Å². The molecule has 0 aromatic carbocycles. The van der Waals surface area contributed by atoms with Crippen LogP contribution in [0.15, 0.2) is 18.3 Å². The monoisotopic (exact) mass is 287 g/mol. The second kappa shape index (κ2) is 6.23. The molecule has 1 aliphatic rings. The van der Waals surface area contributed by atoms with Crippen LogP contribution in [-0.2, 0) is 9.63 Å². The summed E-state index contributed by atoms with van der Waals surface area (Å²) in [5.74, 6) is 0.166. The first kappa shape index (κ1) is 15.5. The molecular weight excluding hydrogens is 266 g/mol. The number of hydroxylamine groups is 2. The molecule has 0 amide bonds. The van der Waals surface area contributed by atoms with Crippen LogP contribution in [0.2, 0.25) is 0 Å². The summed E-state index contributed by atoms with van der Waals surface area (Å²) >= 11 is 0. The maximum atomic E-state index is 11.8. The highest BCUT2D eigenvalue weighted by Crippen LogP contribution is 2.27. The molecule has 1 aromatic heterocycles. The fourth-order valence-corrected chi connectivity index (χ4v) is 2.21. The van der Waals surface area contributed by atoms with Crippen LogP contribution in [0.25, 0.3) is 0 Å². The zero-order chi connectivity index (χ0) is 15.5. The predicted octanol–water partition coefficient (Wildman–Crippen LogP) is 2.64. The van der Waals surface area contributed by atoms with Gasteiger partial charge in [0.15, 0.2) is 0 Å². The lowest BCUT2D eigenvalue weighted by Gasteiger charge is -2.31. The first-order valence-electron chi connectivity index (χ1n) is 7.23. The first-order valence-corrected chi connectivity index (χ1v) is 7.23.